The molecule has 7 heteroatoms. The zero-order valence-electron chi connectivity index (χ0n) is 16.3. The normalized spacial score (nSPS) is 11.4. The van der Waals surface area contributed by atoms with E-state index in [1.54, 1.807) is 6.07 Å². The van der Waals surface area contributed by atoms with Gasteiger partial charge in [-0.15, -0.1) is 0 Å². The van der Waals surface area contributed by atoms with Crippen molar-refractivity contribution in [3.05, 3.63) is 106 Å². The molecule has 0 saturated heterocycles. The summed E-state index contributed by atoms with van der Waals surface area (Å²) in [5.74, 6) is -0.925. The van der Waals surface area contributed by atoms with Crippen LogP contribution in [0.1, 0.15) is 16.7 Å². The summed E-state index contributed by atoms with van der Waals surface area (Å²) in [6, 6.07) is 21.6. The fourth-order valence-electron chi connectivity index (χ4n) is 3.17. The number of methoxy groups -OCH3 is 1. The van der Waals surface area contributed by atoms with E-state index in [1.165, 1.54) is 19.2 Å². The van der Waals surface area contributed by atoms with Gasteiger partial charge < -0.3 is 9.84 Å². The molecule has 7 nitrogen and oxygen atoms in total. The number of benzene rings is 3. The lowest BCUT2D eigenvalue weighted by Crippen LogP contribution is -2.24. The minimum absolute atomic E-state index is 0.182. The van der Waals surface area contributed by atoms with Crippen LogP contribution in [0.3, 0.4) is 0 Å². The number of nitro groups is 1. The summed E-state index contributed by atoms with van der Waals surface area (Å²) in [7, 11) is 1.39. The standard InChI is InChI=1S/C23H20N2O5/c1-30-21-14-8-13-20(25(28)29)18(21)15-19(23(26)27)24-22(16-9-4-2-5-10-16)17-11-6-3-7-12-17/h2-14,19H,15H2,1H3,(H,26,27)/t19-/m0/s1. The van der Waals surface area contributed by atoms with Crippen LogP contribution >= 0.6 is 0 Å². The number of aliphatic imine (C=N–C) groups is 1. The van der Waals surface area contributed by atoms with Crippen molar-refractivity contribution in [2.75, 3.05) is 7.11 Å². The Hall–Kier alpha value is -4.00. The first kappa shape index (κ1) is 20.7. The van der Waals surface area contributed by atoms with Gasteiger partial charge in [-0.05, 0) is 6.07 Å². The van der Waals surface area contributed by atoms with Crippen LogP contribution in [0.4, 0.5) is 5.69 Å². The summed E-state index contributed by atoms with van der Waals surface area (Å²) in [5, 5.41) is 21.3. The summed E-state index contributed by atoms with van der Waals surface area (Å²) < 4.78 is 5.25. The van der Waals surface area contributed by atoms with Crippen LogP contribution in [-0.4, -0.2) is 34.9 Å². The minimum Gasteiger partial charge on any atom is -0.496 e. The van der Waals surface area contributed by atoms with E-state index in [4.69, 9.17) is 4.74 Å². The predicted molar refractivity (Wildman–Crippen MR) is 113 cm³/mol. The monoisotopic (exact) mass is 404 g/mol. The van der Waals surface area contributed by atoms with Gasteiger partial charge in [-0.1, -0.05) is 66.7 Å². The molecule has 0 fully saturated rings. The molecule has 3 aromatic carbocycles. The van der Waals surface area contributed by atoms with E-state index >= 15 is 0 Å². The molecular weight excluding hydrogens is 384 g/mol. The fraction of sp³-hybridized carbons (Fsp3) is 0.130. The predicted octanol–water partition coefficient (Wildman–Crippen LogP) is 4.14. The van der Waals surface area contributed by atoms with Crippen molar-refractivity contribution in [3.8, 4) is 5.75 Å². The minimum atomic E-state index is -1.24. The first-order valence-corrected chi connectivity index (χ1v) is 9.23. The number of hydrogen-bond donors (Lipinski definition) is 1. The second-order valence-corrected chi connectivity index (χ2v) is 6.48. The van der Waals surface area contributed by atoms with E-state index in [-0.39, 0.29) is 23.4 Å². The molecule has 3 rings (SSSR count). The lowest BCUT2D eigenvalue weighted by molar-refractivity contribution is -0.385. The zero-order chi connectivity index (χ0) is 21.5. The van der Waals surface area contributed by atoms with Gasteiger partial charge in [-0.3, -0.25) is 15.1 Å². The largest absolute Gasteiger partial charge is 0.496 e. The van der Waals surface area contributed by atoms with E-state index in [0.29, 0.717) is 5.71 Å². The molecule has 0 bridgehead atoms. The number of aliphatic carboxylic acids is 1. The Balaban J connectivity index is 2.11. The van der Waals surface area contributed by atoms with Crippen LogP contribution in [0.2, 0.25) is 0 Å². The van der Waals surface area contributed by atoms with Crippen molar-refractivity contribution in [1.82, 2.24) is 0 Å². The summed E-state index contributed by atoms with van der Waals surface area (Å²) in [6.45, 7) is 0. The first-order valence-electron chi connectivity index (χ1n) is 9.23. The molecule has 0 aromatic heterocycles. The highest BCUT2D eigenvalue weighted by Gasteiger charge is 2.26. The molecule has 0 unspecified atom stereocenters. The maximum absolute atomic E-state index is 12.1. The van der Waals surface area contributed by atoms with Gasteiger partial charge in [0.1, 0.15) is 5.75 Å². The number of nitrogens with zero attached hydrogens (tertiary/aromatic N) is 2. The lowest BCUT2D eigenvalue weighted by Gasteiger charge is -2.15. The van der Waals surface area contributed by atoms with Crippen LogP contribution < -0.4 is 4.74 Å². The summed E-state index contributed by atoms with van der Waals surface area (Å²) in [4.78, 5) is 27.5. The number of carboxylic acids is 1. The molecule has 1 atom stereocenters. The van der Waals surface area contributed by atoms with E-state index < -0.39 is 16.9 Å². The highest BCUT2D eigenvalue weighted by molar-refractivity contribution is 6.13. The molecule has 0 heterocycles. The number of hydrogen-bond acceptors (Lipinski definition) is 5. The van der Waals surface area contributed by atoms with Crippen molar-refractivity contribution in [2.24, 2.45) is 4.99 Å². The second-order valence-electron chi connectivity index (χ2n) is 6.48. The van der Waals surface area contributed by atoms with Gasteiger partial charge in [0, 0.05) is 23.6 Å². The highest BCUT2D eigenvalue weighted by Crippen LogP contribution is 2.30. The molecule has 3 aromatic rings. The summed E-state index contributed by atoms with van der Waals surface area (Å²) >= 11 is 0. The second kappa shape index (κ2) is 9.47. The van der Waals surface area contributed by atoms with Gasteiger partial charge in [-0.25, -0.2) is 4.79 Å². The Morgan fingerprint density at radius 3 is 2.03 bits per heavy atom. The van der Waals surface area contributed by atoms with Crippen molar-refractivity contribution in [2.45, 2.75) is 12.5 Å². The molecule has 0 spiro atoms. The van der Waals surface area contributed by atoms with Gasteiger partial charge in [-0.2, -0.15) is 0 Å². The van der Waals surface area contributed by atoms with Crippen LogP contribution in [0.15, 0.2) is 83.9 Å². The molecule has 0 amide bonds. The zero-order valence-corrected chi connectivity index (χ0v) is 16.3. The Labute approximate surface area is 173 Å². The number of carboxylic acid groups (broad SMARTS) is 1. The maximum atomic E-state index is 12.1. The van der Waals surface area contributed by atoms with E-state index in [0.717, 1.165) is 11.1 Å². The van der Waals surface area contributed by atoms with Crippen molar-refractivity contribution < 1.29 is 19.6 Å². The molecule has 30 heavy (non-hydrogen) atoms. The van der Waals surface area contributed by atoms with E-state index in [9.17, 15) is 20.0 Å². The fourth-order valence-corrected chi connectivity index (χ4v) is 3.17. The molecule has 0 aliphatic carbocycles. The van der Waals surface area contributed by atoms with Crippen LogP contribution in [0.5, 0.6) is 5.75 Å². The Morgan fingerprint density at radius 2 is 1.57 bits per heavy atom. The molecule has 0 aliphatic heterocycles. The topological polar surface area (TPSA) is 102 Å². The molecule has 0 radical (unpaired) electrons. The molecule has 152 valence electrons. The smallest absolute Gasteiger partial charge is 0.328 e. The van der Waals surface area contributed by atoms with Gasteiger partial charge in [0.15, 0.2) is 6.04 Å². The average molecular weight is 404 g/mol. The summed E-state index contributed by atoms with van der Waals surface area (Å²) in [6.07, 6.45) is -0.182. The lowest BCUT2D eigenvalue weighted by atomic mass is 9.99. The molecule has 0 aliphatic rings. The third kappa shape index (κ3) is 4.70. The number of nitro benzene ring substituents is 1. The highest BCUT2D eigenvalue weighted by atomic mass is 16.6. The quantitative estimate of drug-likeness (QED) is 0.345. The Bertz CT molecular complexity index is 1020. The van der Waals surface area contributed by atoms with E-state index in [2.05, 4.69) is 4.99 Å². The van der Waals surface area contributed by atoms with Crippen molar-refractivity contribution in [3.63, 3.8) is 0 Å². The molecule has 1 N–H and O–H groups in total. The average Bonchev–Trinajstić information content (AvgIpc) is 2.77. The van der Waals surface area contributed by atoms with Gasteiger partial charge >= 0.3 is 5.97 Å². The SMILES string of the molecule is COc1cccc([N+](=O)[O-])c1C[C@H](N=C(c1ccccc1)c1ccccc1)C(=O)O. The molecule has 0 saturated carbocycles. The maximum Gasteiger partial charge on any atom is 0.328 e. The third-order valence-electron chi connectivity index (χ3n) is 4.59. The number of ether oxygens (including phenoxy) is 1. The number of rotatable bonds is 8. The van der Waals surface area contributed by atoms with Crippen LogP contribution in [-0.2, 0) is 11.2 Å². The van der Waals surface area contributed by atoms with Crippen LogP contribution in [0, 0.1) is 10.1 Å². The van der Waals surface area contributed by atoms with Gasteiger partial charge in [0.2, 0.25) is 0 Å². The third-order valence-corrected chi connectivity index (χ3v) is 4.59. The van der Waals surface area contributed by atoms with Gasteiger partial charge in [0.25, 0.3) is 5.69 Å². The van der Waals surface area contributed by atoms with Crippen LogP contribution in [0.25, 0.3) is 0 Å². The summed E-state index contributed by atoms with van der Waals surface area (Å²) in [5.41, 5.74) is 2.01. The number of carbonyl (C=O) groups is 1. The van der Waals surface area contributed by atoms with Crippen molar-refractivity contribution in [1.29, 1.82) is 0 Å². The Kier molecular flexibility index (Phi) is 6.54. The Morgan fingerprint density at radius 1 is 1.00 bits per heavy atom. The molecular formula is C23H20N2O5. The van der Waals surface area contributed by atoms with Gasteiger partial charge in [0.05, 0.1) is 23.3 Å². The van der Waals surface area contributed by atoms with Crippen molar-refractivity contribution >= 4 is 17.4 Å². The van der Waals surface area contributed by atoms with E-state index in [1.807, 2.05) is 60.7 Å². The first-order chi connectivity index (χ1) is 14.5.